The van der Waals surface area contributed by atoms with Crippen LogP contribution in [0.5, 0.6) is 5.75 Å². The molecule has 3 rings (SSSR count). The number of carbonyl (C=O) groups excluding carboxylic acids is 3. The first-order valence-electron chi connectivity index (χ1n) is 9.15. The lowest BCUT2D eigenvalue weighted by Gasteiger charge is -2.28. The topological polar surface area (TPSA) is 137 Å². The normalized spacial score (nSPS) is 15.6. The molecule has 1 aliphatic heterocycles. The number of aromatic nitrogens is 3. The molecule has 0 saturated heterocycles. The van der Waals surface area contributed by atoms with Crippen LogP contribution in [0.3, 0.4) is 0 Å². The zero-order valence-electron chi connectivity index (χ0n) is 15.9. The van der Waals surface area contributed by atoms with E-state index in [1.165, 1.54) is 17.8 Å². The molecule has 29 heavy (non-hydrogen) atoms. The van der Waals surface area contributed by atoms with Crippen LogP contribution in [0.25, 0.3) is 0 Å². The van der Waals surface area contributed by atoms with Gasteiger partial charge in [-0.2, -0.15) is 0 Å². The minimum absolute atomic E-state index is 0.0641. The molecule has 2 heterocycles. The van der Waals surface area contributed by atoms with Gasteiger partial charge in [-0.3, -0.25) is 14.4 Å². The number of ketones is 2. The fourth-order valence-corrected chi connectivity index (χ4v) is 3.71. The number of nitrogens with zero attached hydrogens (tertiary/aromatic N) is 3. The molecule has 3 N–H and O–H groups in total. The first-order valence-corrected chi connectivity index (χ1v) is 10.1. The Morgan fingerprint density at radius 1 is 1.41 bits per heavy atom. The summed E-state index contributed by atoms with van der Waals surface area (Å²) in [5.41, 5.74) is 6.74. The highest BCUT2D eigenvalue weighted by Gasteiger charge is 2.37. The van der Waals surface area contributed by atoms with Crippen molar-refractivity contribution >= 4 is 35.6 Å². The predicted octanol–water partition coefficient (Wildman–Crippen LogP) is 0.758. The van der Waals surface area contributed by atoms with Gasteiger partial charge in [0.05, 0.1) is 11.8 Å². The smallest absolute Gasteiger partial charge is 0.526 e. The van der Waals surface area contributed by atoms with Crippen LogP contribution in [0, 0.1) is 0 Å². The molecule has 0 bridgehead atoms. The third kappa shape index (κ3) is 5.11. The second kappa shape index (κ2) is 9.34. The van der Waals surface area contributed by atoms with E-state index in [1.54, 1.807) is 12.1 Å². The van der Waals surface area contributed by atoms with Crippen LogP contribution in [0.15, 0.2) is 24.4 Å². The highest BCUT2D eigenvalue weighted by molar-refractivity contribution is 8.14. The van der Waals surface area contributed by atoms with E-state index in [4.69, 9.17) is 10.4 Å². The lowest BCUT2D eigenvalue weighted by atomic mass is 9.64. The molecule has 0 saturated carbocycles. The summed E-state index contributed by atoms with van der Waals surface area (Å²) in [5.74, 6) is 0.0939. The van der Waals surface area contributed by atoms with Gasteiger partial charge in [0, 0.05) is 24.5 Å². The van der Waals surface area contributed by atoms with E-state index in [-0.39, 0.29) is 35.3 Å². The molecular formula is C18H21BN4O5S. The van der Waals surface area contributed by atoms with Gasteiger partial charge in [0.25, 0.3) is 0 Å². The summed E-state index contributed by atoms with van der Waals surface area (Å²) in [5, 5.41) is 17.7. The first-order chi connectivity index (χ1) is 13.9. The van der Waals surface area contributed by atoms with Gasteiger partial charge in [-0.1, -0.05) is 29.1 Å². The van der Waals surface area contributed by atoms with Crippen LogP contribution in [-0.2, 0) is 17.8 Å². The first kappa shape index (κ1) is 21.2. The molecule has 1 aromatic heterocycles. The standard InChI is InChI=1S/C18H21BN4O5S/c1-11(24)15-4-2-3-12-7-13(19(27)28-17(12)15)8-14(25)9-23-10-16(21-22-23)18(26)29-6-5-20/h2-4,10,13,27H,5-9,20H2,1H3/t13-/m1/s1. The van der Waals surface area contributed by atoms with Gasteiger partial charge in [-0.25, -0.2) is 4.68 Å². The Balaban J connectivity index is 1.62. The minimum Gasteiger partial charge on any atom is -0.535 e. The molecule has 1 atom stereocenters. The van der Waals surface area contributed by atoms with Gasteiger partial charge in [0.2, 0.25) is 5.12 Å². The highest BCUT2D eigenvalue weighted by atomic mass is 32.2. The summed E-state index contributed by atoms with van der Waals surface area (Å²) in [4.78, 5) is 36.1. The summed E-state index contributed by atoms with van der Waals surface area (Å²) >= 11 is 1.05. The largest absolute Gasteiger partial charge is 0.535 e. The average molecular weight is 416 g/mol. The molecule has 0 radical (unpaired) electrons. The zero-order chi connectivity index (χ0) is 21.0. The number of Topliss-reactive ketones (excluding diaryl/α,β-unsaturated/α-hetero) is 2. The van der Waals surface area contributed by atoms with E-state index in [9.17, 15) is 19.4 Å². The Kier molecular flexibility index (Phi) is 6.83. The Morgan fingerprint density at radius 2 is 2.21 bits per heavy atom. The van der Waals surface area contributed by atoms with E-state index in [2.05, 4.69) is 10.3 Å². The molecule has 152 valence electrons. The van der Waals surface area contributed by atoms with Gasteiger partial charge < -0.3 is 15.4 Å². The molecule has 9 nitrogen and oxygen atoms in total. The zero-order valence-corrected chi connectivity index (χ0v) is 16.7. The van der Waals surface area contributed by atoms with Crippen molar-refractivity contribution in [2.45, 2.75) is 32.1 Å². The van der Waals surface area contributed by atoms with Crippen molar-refractivity contribution in [1.29, 1.82) is 0 Å². The SMILES string of the molecule is CC(=O)c1cccc2c1OB(O)[C@@H](CC(=O)Cn1cc(C(=O)SCCN)nn1)C2. The lowest BCUT2D eigenvalue weighted by Crippen LogP contribution is -2.36. The number of thioether (sulfide) groups is 1. The van der Waals surface area contributed by atoms with Crippen LogP contribution in [-0.4, -0.2) is 56.1 Å². The number of fused-ring (bicyclic) bond motifs is 1. The number of para-hydroxylation sites is 1. The third-order valence-electron chi connectivity index (χ3n) is 4.53. The fraction of sp³-hybridized carbons (Fsp3) is 0.389. The number of hydrogen-bond donors (Lipinski definition) is 2. The lowest BCUT2D eigenvalue weighted by molar-refractivity contribution is -0.120. The Labute approximate surface area is 172 Å². The van der Waals surface area contributed by atoms with Crippen molar-refractivity contribution < 1.29 is 24.1 Å². The summed E-state index contributed by atoms with van der Waals surface area (Å²) in [7, 11) is -1.19. The van der Waals surface area contributed by atoms with Gasteiger partial charge in [-0.15, -0.1) is 5.10 Å². The maximum atomic E-state index is 12.4. The second-order valence-corrected chi connectivity index (χ2v) is 7.86. The number of benzene rings is 1. The van der Waals surface area contributed by atoms with Gasteiger partial charge >= 0.3 is 7.12 Å². The van der Waals surface area contributed by atoms with Crippen LogP contribution >= 0.6 is 11.8 Å². The van der Waals surface area contributed by atoms with Crippen LogP contribution in [0.1, 0.15) is 39.8 Å². The summed E-state index contributed by atoms with van der Waals surface area (Å²) in [6.45, 7) is 1.75. The van der Waals surface area contributed by atoms with Crippen molar-refractivity contribution in [3.05, 3.63) is 41.2 Å². The van der Waals surface area contributed by atoms with E-state index in [0.29, 0.717) is 30.0 Å². The maximum absolute atomic E-state index is 12.4. The molecule has 1 aromatic carbocycles. The quantitative estimate of drug-likeness (QED) is 0.472. The number of rotatable bonds is 8. The molecule has 0 fully saturated rings. The van der Waals surface area contributed by atoms with Gasteiger partial charge in [0.1, 0.15) is 12.3 Å². The van der Waals surface area contributed by atoms with E-state index in [1.807, 2.05) is 6.07 Å². The second-order valence-electron chi connectivity index (χ2n) is 6.79. The molecular weight excluding hydrogens is 395 g/mol. The Hall–Kier alpha value is -2.50. The van der Waals surface area contributed by atoms with Crippen molar-refractivity contribution in [1.82, 2.24) is 15.0 Å². The van der Waals surface area contributed by atoms with E-state index >= 15 is 0 Å². The van der Waals surface area contributed by atoms with E-state index < -0.39 is 12.9 Å². The predicted molar refractivity (Wildman–Crippen MR) is 108 cm³/mol. The highest BCUT2D eigenvalue weighted by Crippen LogP contribution is 2.36. The summed E-state index contributed by atoms with van der Waals surface area (Å²) in [6, 6.07) is 5.22. The number of nitrogens with two attached hydrogens (primary N) is 1. The third-order valence-corrected chi connectivity index (χ3v) is 5.44. The molecule has 2 aromatic rings. The fourth-order valence-electron chi connectivity index (χ4n) is 3.17. The molecule has 0 spiro atoms. The molecule has 0 aliphatic carbocycles. The minimum atomic E-state index is -1.19. The Morgan fingerprint density at radius 3 is 2.93 bits per heavy atom. The monoisotopic (exact) mass is 416 g/mol. The van der Waals surface area contributed by atoms with Crippen LogP contribution in [0.4, 0.5) is 0 Å². The summed E-state index contributed by atoms with van der Waals surface area (Å²) < 4.78 is 6.85. The van der Waals surface area contributed by atoms with Gasteiger partial charge in [-0.05, 0) is 25.0 Å². The molecule has 0 unspecified atom stereocenters. The average Bonchev–Trinajstić information content (AvgIpc) is 3.14. The molecule has 0 amide bonds. The maximum Gasteiger partial charge on any atom is 0.526 e. The molecule has 1 aliphatic rings. The van der Waals surface area contributed by atoms with Gasteiger partial charge in [0.15, 0.2) is 17.3 Å². The Bertz CT molecular complexity index is 935. The van der Waals surface area contributed by atoms with Crippen LogP contribution in [0.2, 0.25) is 5.82 Å². The van der Waals surface area contributed by atoms with Crippen LogP contribution < -0.4 is 10.4 Å². The number of carbonyl (C=O) groups is 3. The van der Waals surface area contributed by atoms with E-state index in [0.717, 1.165) is 17.3 Å². The van der Waals surface area contributed by atoms with Crippen molar-refractivity contribution in [2.75, 3.05) is 12.3 Å². The number of hydrogen-bond acceptors (Lipinski definition) is 9. The van der Waals surface area contributed by atoms with Crippen molar-refractivity contribution in [3.8, 4) is 5.75 Å². The molecule has 11 heteroatoms. The van der Waals surface area contributed by atoms with Crippen molar-refractivity contribution in [3.63, 3.8) is 0 Å². The van der Waals surface area contributed by atoms with Crippen molar-refractivity contribution in [2.24, 2.45) is 5.73 Å². The summed E-state index contributed by atoms with van der Waals surface area (Å²) in [6.07, 6.45) is 1.90.